The highest BCUT2D eigenvalue weighted by Crippen LogP contribution is 2.24. The molecule has 0 spiro atoms. The van der Waals surface area contributed by atoms with Crippen molar-refractivity contribution in [3.05, 3.63) is 89.9 Å². The topological polar surface area (TPSA) is 109 Å². The Labute approximate surface area is 226 Å². The predicted molar refractivity (Wildman–Crippen MR) is 146 cm³/mol. The van der Waals surface area contributed by atoms with Crippen LogP contribution in [0, 0.1) is 0 Å². The Morgan fingerprint density at radius 2 is 1.59 bits per heavy atom. The summed E-state index contributed by atoms with van der Waals surface area (Å²) in [5.74, 6) is -0.0636. The fraction of sp³-hybridized carbons (Fsp3) is 0.267. The zero-order valence-corrected chi connectivity index (χ0v) is 21.7. The summed E-state index contributed by atoms with van der Waals surface area (Å²) >= 11 is 0. The first kappa shape index (κ1) is 26.3. The molecule has 0 saturated carbocycles. The molecule has 0 unspecified atom stereocenters. The molecule has 2 aromatic heterocycles. The molecule has 1 fully saturated rings. The first-order chi connectivity index (χ1) is 18.9. The van der Waals surface area contributed by atoms with Crippen molar-refractivity contribution >= 4 is 11.9 Å². The summed E-state index contributed by atoms with van der Waals surface area (Å²) in [6, 6.07) is 21.6. The molecule has 0 amide bonds. The van der Waals surface area contributed by atoms with Crippen molar-refractivity contribution < 1.29 is 23.8 Å². The zero-order chi connectivity index (χ0) is 27.2. The van der Waals surface area contributed by atoms with E-state index in [9.17, 15) is 9.59 Å². The number of carboxylic acid groups (broad SMARTS) is 1. The number of rotatable bonds is 9. The number of likely N-dealkylation sites (N-methyl/N-ethyl adjacent to an activating group) is 1. The van der Waals surface area contributed by atoms with Crippen molar-refractivity contribution in [3.63, 3.8) is 0 Å². The second kappa shape index (κ2) is 12.0. The van der Waals surface area contributed by atoms with Crippen LogP contribution < -0.4 is 4.74 Å². The van der Waals surface area contributed by atoms with Gasteiger partial charge in [-0.1, -0.05) is 54.6 Å². The van der Waals surface area contributed by atoms with Gasteiger partial charge in [0.15, 0.2) is 5.76 Å². The molecule has 3 heterocycles. The molecule has 1 N–H and O–H groups in total. The van der Waals surface area contributed by atoms with E-state index in [0.29, 0.717) is 12.1 Å². The molecule has 1 aliphatic rings. The van der Waals surface area contributed by atoms with E-state index in [4.69, 9.17) is 9.52 Å². The molecular weight excluding hydrogens is 496 g/mol. The highest BCUT2D eigenvalue weighted by molar-refractivity contribution is 5.92. The van der Waals surface area contributed by atoms with Crippen molar-refractivity contribution in [2.24, 2.45) is 0 Å². The third-order valence-electron chi connectivity index (χ3n) is 6.80. The zero-order valence-electron chi connectivity index (χ0n) is 21.7. The minimum Gasteiger partial charge on any atom is -0.449 e. The van der Waals surface area contributed by atoms with Gasteiger partial charge >= 0.3 is 6.16 Å². The average molecular weight is 527 g/mol. The Bertz CT molecular complexity index is 1420. The van der Waals surface area contributed by atoms with Crippen molar-refractivity contribution in [2.45, 2.75) is 19.4 Å². The summed E-state index contributed by atoms with van der Waals surface area (Å²) in [7, 11) is 2.17. The summed E-state index contributed by atoms with van der Waals surface area (Å²) < 4.78 is 10.2. The predicted octanol–water partition coefficient (Wildman–Crippen LogP) is 5.02. The van der Waals surface area contributed by atoms with Crippen LogP contribution in [0.1, 0.15) is 28.2 Å². The molecule has 1 aliphatic heterocycles. The number of carbonyl (C=O) groups is 2. The molecule has 200 valence electrons. The van der Waals surface area contributed by atoms with Crippen molar-refractivity contribution in [3.8, 4) is 28.5 Å². The van der Waals surface area contributed by atoms with Gasteiger partial charge in [-0.05, 0) is 41.8 Å². The lowest BCUT2D eigenvalue weighted by Crippen LogP contribution is -2.43. The summed E-state index contributed by atoms with van der Waals surface area (Å²) in [5.41, 5.74) is 4.99. The van der Waals surface area contributed by atoms with Crippen LogP contribution in [0.3, 0.4) is 0 Å². The maximum absolute atomic E-state index is 12.7. The molecule has 0 atom stereocenters. The SMILES string of the molecule is CN1CCN(Cc2ccc(-c3ccc(CCC(=O)c4ncc(-c5cccc(OC(=O)O)n5)o4)cc3)cc2)CC1. The fourth-order valence-electron chi connectivity index (χ4n) is 4.52. The van der Waals surface area contributed by atoms with Gasteiger partial charge in [0.1, 0.15) is 5.69 Å². The average Bonchev–Trinajstić information content (AvgIpc) is 3.44. The van der Waals surface area contributed by atoms with Crippen molar-refractivity contribution in [2.75, 3.05) is 33.2 Å². The third-order valence-corrected chi connectivity index (χ3v) is 6.80. The number of Topliss-reactive ketones (excluding diaryl/α,β-unsaturated/α-hetero) is 1. The maximum atomic E-state index is 12.7. The summed E-state index contributed by atoms with van der Waals surface area (Å²) in [4.78, 5) is 36.4. The van der Waals surface area contributed by atoms with E-state index in [2.05, 4.69) is 68.0 Å². The Balaban J connectivity index is 1.14. The lowest BCUT2D eigenvalue weighted by Gasteiger charge is -2.32. The molecule has 5 rings (SSSR count). The maximum Gasteiger partial charge on any atom is 0.512 e. The number of carbonyl (C=O) groups excluding carboxylic acids is 1. The van der Waals surface area contributed by atoms with E-state index < -0.39 is 6.16 Å². The molecule has 39 heavy (non-hydrogen) atoms. The molecule has 4 aromatic rings. The molecule has 9 nitrogen and oxygen atoms in total. The van der Waals surface area contributed by atoms with Crippen LogP contribution in [0.4, 0.5) is 4.79 Å². The quantitative estimate of drug-likeness (QED) is 0.237. The van der Waals surface area contributed by atoms with Gasteiger partial charge in [0.25, 0.3) is 5.89 Å². The number of hydrogen-bond acceptors (Lipinski definition) is 8. The lowest BCUT2D eigenvalue weighted by atomic mass is 10.0. The number of benzene rings is 2. The van der Waals surface area contributed by atoms with E-state index in [1.54, 1.807) is 12.1 Å². The Kier molecular flexibility index (Phi) is 8.10. The van der Waals surface area contributed by atoms with Crippen LogP contribution in [0.15, 0.2) is 77.3 Å². The van der Waals surface area contributed by atoms with Crippen LogP contribution >= 0.6 is 0 Å². The second-order valence-electron chi connectivity index (χ2n) is 9.66. The number of ether oxygens (including phenoxy) is 1. The Morgan fingerprint density at radius 3 is 2.26 bits per heavy atom. The van der Waals surface area contributed by atoms with Crippen LogP contribution in [0.25, 0.3) is 22.6 Å². The van der Waals surface area contributed by atoms with E-state index >= 15 is 0 Å². The number of oxazole rings is 1. The second-order valence-corrected chi connectivity index (χ2v) is 9.66. The number of hydrogen-bond donors (Lipinski definition) is 1. The minimum atomic E-state index is -1.46. The summed E-state index contributed by atoms with van der Waals surface area (Å²) in [6.07, 6.45) is 0.734. The van der Waals surface area contributed by atoms with Crippen LogP contribution in [0.5, 0.6) is 5.88 Å². The number of aryl methyl sites for hydroxylation is 1. The number of aromatic nitrogens is 2. The molecule has 0 bridgehead atoms. The molecule has 2 aromatic carbocycles. The van der Waals surface area contributed by atoms with Crippen LogP contribution in [0.2, 0.25) is 0 Å². The van der Waals surface area contributed by atoms with Gasteiger partial charge in [0.2, 0.25) is 11.7 Å². The standard InChI is InChI=1S/C30H30N4O5/c1-33-15-17-34(18-16-33)20-22-7-12-24(13-8-22)23-10-5-21(6-11-23)9-14-26(35)29-31-19-27(38-29)25-3-2-4-28(32-25)39-30(36)37/h2-8,10-13,19H,9,14-18,20H2,1H3,(H,36,37). The minimum absolute atomic E-state index is 0.00959. The smallest absolute Gasteiger partial charge is 0.449 e. The number of nitrogens with zero attached hydrogens (tertiary/aromatic N) is 4. The number of ketones is 1. The first-order valence-corrected chi connectivity index (χ1v) is 12.9. The van der Waals surface area contributed by atoms with Gasteiger partial charge in [-0.3, -0.25) is 9.69 Å². The molecule has 1 saturated heterocycles. The van der Waals surface area contributed by atoms with E-state index in [-0.39, 0.29) is 29.7 Å². The number of piperazine rings is 1. The van der Waals surface area contributed by atoms with E-state index in [1.807, 2.05) is 12.1 Å². The Hall–Kier alpha value is -4.34. The van der Waals surface area contributed by atoms with Gasteiger partial charge in [-0.25, -0.2) is 14.8 Å². The van der Waals surface area contributed by atoms with Crippen LogP contribution in [-0.2, 0) is 13.0 Å². The molecular formula is C30H30N4O5. The van der Waals surface area contributed by atoms with Crippen molar-refractivity contribution in [1.82, 2.24) is 19.8 Å². The van der Waals surface area contributed by atoms with Gasteiger partial charge in [-0.2, -0.15) is 0 Å². The molecule has 0 radical (unpaired) electrons. The van der Waals surface area contributed by atoms with E-state index in [0.717, 1.165) is 43.9 Å². The number of pyridine rings is 1. The molecule has 0 aliphatic carbocycles. The highest BCUT2D eigenvalue weighted by Gasteiger charge is 2.16. The largest absolute Gasteiger partial charge is 0.512 e. The van der Waals surface area contributed by atoms with Gasteiger partial charge < -0.3 is 19.2 Å². The van der Waals surface area contributed by atoms with Crippen molar-refractivity contribution in [1.29, 1.82) is 0 Å². The monoisotopic (exact) mass is 526 g/mol. The highest BCUT2D eigenvalue weighted by atomic mass is 16.7. The third kappa shape index (κ3) is 6.95. The van der Waals surface area contributed by atoms with Gasteiger partial charge in [0.05, 0.1) is 6.20 Å². The molecule has 9 heteroatoms. The normalized spacial score (nSPS) is 14.3. The van der Waals surface area contributed by atoms with E-state index in [1.165, 1.54) is 23.4 Å². The fourth-order valence-corrected chi connectivity index (χ4v) is 4.52. The summed E-state index contributed by atoms with van der Waals surface area (Å²) in [5, 5.41) is 8.75. The van der Waals surface area contributed by atoms with Gasteiger partial charge in [0, 0.05) is 45.2 Å². The van der Waals surface area contributed by atoms with Gasteiger partial charge in [-0.15, -0.1) is 0 Å². The Morgan fingerprint density at radius 1 is 0.923 bits per heavy atom. The lowest BCUT2D eigenvalue weighted by molar-refractivity contribution is 0.0950. The van der Waals surface area contributed by atoms with Crippen LogP contribution in [-0.4, -0.2) is 70.0 Å². The summed E-state index contributed by atoms with van der Waals surface area (Å²) in [6.45, 7) is 5.43. The first-order valence-electron chi connectivity index (χ1n) is 12.9.